The van der Waals surface area contributed by atoms with Gasteiger partial charge in [0.15, 0.2) is 0 Å². The number of carbonyl (C=O) groups is 3. The maximum absolute atomic E-state index is 12.6. The molecule has 1 aromatic rings. The lowest BCUT2D eigenvalue weighted by Crippen LogP contribution is -2.50. The molecule has 0 atom stereocenters. The Morgan fingerprint density at radius 2 is 1.60 bits per heavy atom. The van der Waals surface area contributed by atoms with Gasteiger partial charge in [-0.3, -0.25) is 14.5 Å². The number of nitrogens with zero attached hydrogens (tertiary/aromatic N) is 3. The summed E-state index contributed by atoms with van der Waals surface area (Å²) in [5.74, 6) is 0.279. The molecule has 35 heavy (non-hydrogen) atoms. The number of ether oxygens (including phenoxy) is 1. The van der Waals surface area contributed by atoms with Crippen molar-refractivity contribution < 1.29 is 19.1 Å². The molecular weight excluding hydrogens is 444 g/mol. The smallest absolute Gasteiger partial charge is 0.410 e. The Kier molecular flexibility index (Phi) is 9.95. The van der Waals surface area contributed by atoms with E-state index < -0.39 is 5.60 Å². The largest absolute Gasteiger partial charge is 0.444 e. The highest BCUT2D eigenvalue weighted by Crippen LogP contribution is 2.19. The number of hydrogen-bond donors (Lipinski definition) is 1. The monoisotopic (exact) mass is 486 g/mol. The Hall–Kier alpha value is -2.61. The maximum Gasteiger partial charge on any atom is 0.410 e. The molecule has 0 aromatic heterocycles. The molecular formula is C27H42N4O4. The second-order valence-corrected chi connectivity index (χ2v) is 10.6. The van der Waals surface area contributed by atoms with Crippen molar-refractivity contribution in [2.24, 2.45) is 5.92 Å². The third kappa shape index (κ3) is 9.17. The molecule has 2 heterocycles. The first-order valence-corrected chi connectivity index (χ1v) is 13.0. The zero-order valence-corrected chi connectivity index (χ0v) is 21.6. The first-order chi connectivity index (χ1) is 16.7. The van der Waals surface area contributed by atoms with E-state index in [9.17, 15) is 14.4 Å². The summed E-state index contributed by atoms with van der Waals surface area (Å²) < 4.78 is 5.44. The van der Waals surface area contributed by atoms with Crippen molar-refractivity contribution in [3.63, 3.8) is 0 Å². The summed E-state index contributed by atoms with van der Waals surface area (Å²) in [6, 6.07) is 10.1. The Morgan fingerprint density at radius 3 is 2.23 bits per heavy atom. The van der Waals surface area contributed by atoms with Crippen molar-refractivity contribution in [2.75, 3.05) is 52.4 Å². The average Bonchev–Trinajstić information content (AvgIpc) is 2.85. The Bertz CT molecular complexity index is 823. The third-order valence-corrected chi connectivity index (χ3v) is 6.66. The van der Waals surface area contributed by atoms with E-state index in [1.807, 2.05) is 56.0 Å². The van der Waals surface area contributed by atoms with E-state index in [4.69, 9.17) is 4.74 Å². The van der Waals surface area contributed by atoms with Gasteiger partial charge in [0.2, 0.25) is 11.8 Å². The number of aryl methyl sites for hydroxylation is 1. The van der Waals surface area contributed by atoms with E-state index in [1.165, 1.54) is 5.56 Å². The molecule has 0 saturated carbocycles. The Balaban J connectivity index is 1.25. The molecule has 194 valence electrons. The van der Waals surface area contributed by atoms with Crippen molar-refractivity contribution >= 4 is 17.9 Å². The van der Waals surface area contributed by atoms with Crippen LogP contribution in [-0.4, -0.2) is 90.6 Å². The normalized spacial score (nSPS) is 17.8. The van der Waals surface area contributed by atoms with Gasteiger partial charge in [-0.05, 0) is 58.6 Å². The van der Waals surface area contributed by atoms with Crippen LogP contribution in [0.3, 0.4) is 0 Å². The van der Waals surface area contributed by atoms with Crippen LogP contribution in [0.2, 0.25) is 0 Å². The van der Waals surface area contributed by atoms with E-state index in [2.05, 4.69) is 10.2 Å². The molecule has 0 unspecified atom stereocenters. The topological polar surface area (TPSA) is 82.2 Å². The first-order valence-electron chi connectivity index (χ1n) is 13.0. The predicted molar refractivity (Wildman–Crippen MR) is 136 cm³/mol. The third-order valence-electron chi connectivity index (χ3n) is 6.66. The van der Waals surface area contributed by atoms with Crippen LogP contribution in [0.25, 0.3) is 0 Å². The minimum Gasteiger partial charge on any atom is -0.444 e. The number of carbonyl (C=O) groups excluding carboxylic acids is 3. The minimum atomic E-state index is -0.471. The van der Waals surface area contributed by atoms with E-state index in [-0.39, 0.29) is 23.8 Å². The molecule has 2 saturated heterocycles. The molecule has 8 heteroatoms. The van der Waals surface area contributed by atoms with E-state index in [0.717, 1.165) is 45.3 Å². The van der Waals surface area contributed by atoms with Gasteiger partial charge < -0.3 is 19.9 Å². The number of piperazine rings is 1. The van der Waals surface area contributed by atoms with Crippen LogP contribution in [0.15, 0.2) is 30.3 Å². The molecule has 0 spiro atoms. The molecule has 0 bridgehead atoms. The highest BCUT2D eigenvalue weighted by molar-refractivity contribution is 5.80. The lowest BCUT2D eigenvalue weighted by molar-refractivity contribution is -0.135. The van der Waals surface area contributed by atoms with Gasteiger partial charge in [-0.2, -0.15) is 0 Å². The number of rotatable bonds is 8. The average molecular weight is 487 g/mol. The SMILES string of the molecule is CC(C)(C)OC(=O)N1CCN(CCCNC(=O)C2CCN(C(=O)CCc3ccccc3)CC2)CC1. The lowest BCUT2D eigenvalue weighted by atomic mass is 9.95. The van der Waals surface area contributed by atoms with Crippen LogP contribution in [0.4, 0.5) is 4.79 Å². The second-order valence-electron chi connectivity index (χ2n) is 10.6. The van der Waals surface area contributed by atoms with E-state index in [1.54, 1.807) is 4.90 Å². The van der Waals surface area contributed by atoms with Crippen LogP contribution >= 0.6 is 0 Å². The second kappa shape index (κ2) is 12.9. The summed E-state index contributed by atoms with van der Waals surface area (Å²) in [6.07, 6.45) is 3.39. The standard InChI is InChI=1S/C27H42N4O4/c1-27(2,3)35-26(34)31-20-18-29(19-21-31)15-7-14-28-25(33)23-12-16-30(17-13-23)24(32)11-10-22-8-5-4-6-9-22/h4-6,8-9,23H,7,10-21H2,1-3H3,(H,28,33). The van der Waals surface area contributed by atoms with Gasteiger partial charge in [-0.1, -0.05) is 30.3 Å². The highest BCUT2D eigenvalue weighted by Gasteiger charge is 2.28. The van der Waals surface area contributed by atoms with Crippen LogP contribution in [0.5, 0.6) is 0 Å². The van der Waals surface area contributed by atoms with Crippen molar-refractivity contribution in [1.82, 2.24) is 20.0 Å². The fraction of sp³-hybridized carbons (Fsp3) is 0.667. The fourth-order valence-electron chi connectivity index (χ4n) is 4.58. The van der Waals surface area contributed by atoms with E-state index >= 15 is 0 Å². The molecule has 2 aliphatic heterocycles. The highest BCUT2D eigenvalue weighted by atomic mass is 16.6. The Labute approximate surface area is 210 Å². The van der Waals surface area contributed by atoms with Crippen LogP contribution in [0, 0.1) is 5.92 Å². The number of piperidine rings is 1. The Morgan fingerprint density at radius 1 is 0.943 bits per heavy atom. The van der Waals surface area contributed by atoms with Crippen LogP contribution in [0.1, 0.15) is 52.0 Å². The van der Waals surface area contributed by atoms with Crippen molar-refractivity contribution in [1.29, 1.82) is 0 Å². The van der Waals surface area contributed by atoms with Crippen molar-refractivity contribution in [3.8, 4) is 0 Å². The summed E-state index contributed by atoms with van der Waals surface area (Å²) in [7, 11) is 0. The summed E-state index contributed by atoms with van der Waals surface area (Å²) in [5, 5.41) is 3.08. The zero-order chi connectivity index (χ0) is 25.3. The molecule has 8 nitrogen and oxygen atoms in total. The van der Waals surface area contributed by atoms with Crippen LogP contribution in [-0.2, 0) is 20.7 Å². The van der Waals surface area contributed by atoms with Crippen LogP contribution < -0.4 is 5.32 Å². The van der Waals surface area contributed by atoms with Gasteiger partial charge >= 0.3 is 6.09 Å². The maximum atomic E-state index is 12.6. The van der Waals surface area contributed by atoms with E-state index in [0.29, 0.717) is 39.1 Å². The van der Waals surface area contributed by atoms with Gasteiger partial charge in [0.05, 0.1) is 0 Å². The quantitative estimate of drug-likeness (QED) is 0.572. The van der Waals surface area contributed by atoms with Crippen molar-refractivity contribution in [2.45, 2.75) is 58.5 Å². The number of likely N-dealkylation sites (tertiary alicyclic amines) is 1. The molecule has 1 N–H and O–H groups in total. The predicted octanol–water partition coefficient (Wildman–Crippen LogP) is 2.92. The summed E-state index contributed by atoms with van der Waals surface area (Å²) >= 11 is 0. The number of nitrogens with one attached hydrogen (secondary N) is 1. The van der Waals surface area contributed by atoms with Gasteiger partial charge in [0.25, 0.3) is 0 Å². The molecule has 2 aliphatic rings. The number of amides is 3. The molecule has 0 radical (unpaired) electrons. The summed E-state index contributed by atoms with van der Waals surface area (Å²) in [4.78, 5) is 43.3. The van der Waals surface area contributed by atoms with Gasteiger partial charge in [-0.25, -0.2) is 4.79 Å². The van der Waals surface area contributed by atoms with Gasteiger partial charge in [0.1, 0.15) is 5.60 Å². The fourth-order valence-corrected chi connectivity index (χ4v) is 4.58. The first kappa shape index (κ1) is 27.0. The molecule has 3 amide bonds. The summed E-state index contributed by atoms with van der Waals surface area (Å²) in [6.45, 7) is 11.5. The number of benzene rings is 1. The molecule has 3 rings (SSSR count). The molecule has 1 aromatic carbocycles. The molecule has 2 fully saturated rings. The van der Waals surface area contributed by atoms with Gasteiger partial charge in [-0.15, -0.1) is 0 Å². The van der Waals surface area contributed by atoms with Crippen molar-refractivity contribution in [3.05, 3.63) is 35.9 Å². The zero-order valence-electron chi connectivity index (χ0n) is 21.6. The molecule has 0 aliphatic carbocycles. The van der Waals surface area contributed by atoms with Gasteiger partial charge in [0, 0.05) is 58.2 Å². The lowest BCUT2D eigenvalue weighted by Gasteiger charge is -2.35. The summed E-state index contributed by atoms with van der Waals surface area (Å²) in [5.41, 5.74) is 0.709. The minimum absolute atomic E-state index is 0.00875. The number of hydrogen-bond acceptors (Lipinski definition) is 5.